The van der Waals surface area contributed by atoms with Crippen molar-refractivity contribution in [3.63, 3.8) is 0 Å². The number of fused-ring (bicyclic) bond motifs is 3. The molecule has 2 bridgehead atoms. The quantitative estimate of drug-likeness (QED) is 0.599. The molecule has 132 valence electrons. The van der Waals surface area contributed by atoms with Crippen LogP contribution < -0.4 is 0 Å². The fourth-order valence-electron chi connectivity index (χ4n) is 4.73. The Bertz CT molecular complexity index is 982. The second-order valence-electron chi connectivity index (χ2n) is 7.26. The normalized spacial score (nSPS) is 27.3. The van der Waals surface area contributed by atoms with E-state index in [9.17, 15) is 14.5 Å². The van der Waals surface area contributed by atoms with Gasteiger partial charge in [0.1, 0.15) is 5.69 Å². The molecule has 2 aromatic carbocycles. The van der Waals surface area contributed by atoms with Gasteiger partial charge in [-0.2, -0.15) is 0 Å². The Morgan fingerprint density at radius 1 is 1.08 bits per heavy atom. The average Bonchev–Trinajstić information content (AvgIpc) is 2.68. The summed E-state index contributed by atoms with van der Waals surface area (Å²) in [5.41, 5.74) is 0.835. The van der Waals surface area contributed by atoms with Gasteiger partial charge in [0.05, 0.1) is 16.6 Å². The van der Waals surface area contributed by atoms with Gasteiger partial charge in [0.15, 0.2) is 0 Å². The van der Waals surface area contributed by atoms with E-state index in [1.807, 2.05) is 0 Å². The van der Waals surface area contributed by atoms with Crippen molar-refractivity contribution in [3.05, 3.63) is 45.3 Å². The molecule has 1 atom stereocenters. The zero-order chi connectivity index (χ0) is 18.0. The molecule has 2 aromatic rings. The lowest BCUT2D eigenvalue weighted by Gasteiger charge is -2.49. The van der Waals surface area contributed by atoms with E-state index in [-0.39, 0.29) is 28.6 Å². The lowest BCUT2D eigenvalue weighted by molar-refractivity contribution is 0.00882. The summed E-state index contributed by atoms with van der Waals surface area (Å²) in [7, 11) is 0. The predicted octanol–water partition coefficient (Wildman–Crippen LogP) is 3.58. The van der Waals surface area contributed by atoms with Crippen molar-refractivity contribution in [1.29, 1.82) is 0 Å². The largest absolute Gasteiger partial charge is 0.301 e. The van der Waals surface area contributed by atoms with Gasteiger partial charge in [-0.25, -0.2) is 0 Å². The van der Waals surface area contributed by atoms with Gasteiger partial charge in [0, 0.05) is 22.9 Å². The number of hydrogen-bond donors (Lipinski definition) is 0. The molecule has 0 saturated carbocycles. The van der Waals surface area contributed by atoms with Gasteiger partial charge in [-0.05, 0) is 49.2 Å². The molecule has 0 spiro atoms. The number of amides is 2. The van der Waals surface area contributed by atoms with Crippen molar-refractivity contribution < 1.29 is 9.59 Å². The van der Waals surface area contributed by atoms with Crippen LogP contribution in [-0.4, -0.2) is 47.3 Å². The molecule has 0 N–H and O–H groups in total. The second-order valence-corrected chi connectivity index (χ2v) is 7.64. The number of piperidine rings is 3. The van der Waals surface area contributed by atoms with Gasteiger partial charge >= 0.3 is 0 Å². The maximum Gasteiger partial charge on any atom is 0.261 e. The van der Waals surface area contributed by atoms with Crippen LogP contribution >= 0.6 is 11.6 Å². The Morgan fingerprint density at radius 3 is 2.46 bits per heavy atom. The van der Waals surface area contributed by atoms with Crippen molar-refractivity contribution in [2.75, 3.05) is 19.6 Å². The van der Waals surface area contributed by atoms with Crippen LogP contribution in [0.15, 0.2) is 29.4 Å². The third kappa shape index (κ3) is 2.03. The van der Waals surface area contributed by atoms with Crippen molar-refractivity contribution in [1.82, 2.24) is 9.80 Å². The number of imide groups is 1. The van der Waals surface area contributed by atoms with E-state index in [2.05, 4.69) is 10.1 Å². The van der Waals surface area contributed by atoms with Crippen LogP contribution in [0.4, 0.5) is 5.69 Å². The summed E-state index contributed by atoms with van der Waals surface area (Å²) >= 11 is 6.26. The lowest BCUT2D eigenvalue weighted by atomic mass is 9.81. The maximum atomic E-state index is 13.3. The Morgan fingerprint density at radius 2 is 1.81 bits per heavy atom. The van der Waals surface area contributed by atoms with Gasteiger partial charge in [0.25, 0.3) is 11.8 Å². The lowest BCUT2D eigenvalue weighted by Crippen LogP contribution is -2.60. The van der Waals surface area contributed by atoms with E-state index in [4.69, 9.17) is 11.6 Å². The summed E-state index contributed by atoms with van der Waals surface area (Å²) < 4.78 is 0. The molecule has 6 rings (SSSR count). The first-order valence-electron chi connectivity index (χ1n) is 8.79. The van der Waals surface area contributed by atoms with Gasteiger partial charge in [-0.3, -0.25) is 14.5 Å². The van der Waals surface area contributed by atoms with E-state index in [0.29, 0.717) is 27.8 Å². The molecule has 3 saturated heterocycles. The number of hydrogen-bond acceptors (Lipinski definition) is 5. The van der Waals surface area contributed by atoms with E-state index < -0.39 is 0 Å². The highest BCUT2D eigenvalue weighted by atomic mass is 35.5. The van der Waals surface area contributed by atoms with Crippen LogP contribution in [0.1, 0.15) is 33.6 Å². The third-order valence-electron chi connectivity index (χ3n) is 6.03. The van der Waals surface area contributed by atoms with Crippen molar-refractivity contribution in [2.24, 2.45) is 11.1 Å². The Kier molecular flexibility index (Phi) is 3.42. The minimum absolute atomic E-state index is 0.0304. The molecule has 4 heterocycles. The molecule has 0 aromatic heterocycles. The number of carbonyl (C=O) groups excluding carboxylic acids is 2. The van der Waals surface area contributed by atoms with Crippen LogP contribution in [0.3, 0.4) is 0 Å². The maximum absolute atomic E-state index is 13.3. The van der Waals surface area contributed by atoms with E-state index in [1.54, 1.807) is 18.2 Å². The Hall–Kier alpha value is -2.31. The smallest absolute Gasteiger partial charge is 0.261 e. The molecule has 0 aliphatic carbocycles. The predicted molar refractivity (Wildman–Crippen MR) is 97.9 cm³/mol. The molecule has 7 heteroatoms. The van der Waals surface area contributed by atoms with E-state index >= 15 is 0 Å². The monoisotopic (exact) mass is 369 g/mol. The molecular formula is C19H16ClN3O3. The molecular weight excluding hydrogens is 354 g/mol. The topological polar surface area (TPSA) is 70.1 Å². The SMILES string of the molecule is O=Nc1cc2c3c(cccc3c1Cl)C(=O)N([C@@H]1CN3CCC1CC3)C2=O. The number of carbonyl (C=O) groups is 2. The zero-order valence-electron chi connectivity index (χ0n) is 13.9. The fourth-order valence-corrected chi connectivity index (χ4v) is 4.97. The summed E-state index contributed by atoms with van der Waals surface area (Å²) in [6.45, 7) is 2.77. The van der Waals surface area contributed by atoms with E-state index in [0.717, 1.165) is 32.5 Å². The first-order chi connectivity index (χ1) is 12.6. The first-order valence-corrected chi connectivity index (χ1v) is 9.16. The Labute approximate surface area is 154 Å². The summed E-state index contributed by atoms with van der Waals surface area (Å²) in [6.07, 6.45) is 2.00. The number of nitroso groups, excluding NO2 is 1. The van der Waals surface area contributed by atoms with Crippen LogP contribution in [0.2, 0.25) is 5.02 Å². The number of rotatable bonds is 2. The molecule has 0 radical (unpaired) electrons. The zero-order valence-corrected chi connectivity index (χ0v) is 14.7. The van der Waals surface area contributed by atoms with Crippen molar-refractivity contribution >= 4 is 39.9 Å². The fraction of sp³-hybridized carbons (Fsp3) is 0.368. The number of nitrogens with zero attached hydrogens (tertiary/aromatic N) is 3. The highest BCUT2D eigenvalue weighted by molar-refractivity contribution is 6.40. The molecule has 0 unspecified atom stereocenters. The first kappa shape index (κ1) is 15.9. The Balaban J connectivity index is 1.71. The second kappa shape index (κ2) is 5.59. The standard InChI is InChI=1S/C19H16ClN3O3/c20-17-11-2-1-3-12-16(11)13(8-14(17)21-26)19(25)23(18(12)24)15-9-22-6-4-10(15)5-7-22/h1-3,8,10,15H,4-7,9H2/t15-/m1/s1. The van der Waals surface area contributed by atoms with Gasteiger partial charge in [0.2, 0.25) is 0 Å². The minimum Gasteiger partial charge on any atom is -0.301 e. The van der Waals surface area contributed by atoms with Crippen molar-refractivity contribution in [2.45, 2.75) is 18.9 Å². The summed E-state index contributed by atoms with van der Waals surface area (Å²) in [6, 6.07) is 6.46. The molecule has 3 fully saturated rings. The minimum atomic E-state index is -0.348. The molecule has 6 nitrogen and oxygen atoms in total. The molecule has 4 aliphatic rings. The summed E-state index contributed by atoms with van der Waals surface area (Å²) in [4.78, 5) is 41.4. The van der Waals surface area contributed by atoms with Crippen LogP contribution in [-0.2, 0) is 0 Å². The van der Waals surface area contributed by atoms with Gasteiger partial charge in [-0.1, -0.05) is 23.7 Å². The third-order valence-corrected chi connectivity index (χ3v) is 6.42. The highest BCUT2D eigenvalue weighted by Crippen LogP contribution is 2.42. The summed E-state index contributed by atoms with van der Waals surface area (Å²) in [5.74, 6) is -0.279. The highest BCUT2D eigenvalue weighted by Gasteiger charge is 2.45. The molecule has 2 amide bonds. The van der Waals surface area contributed by atoms with Gasteiger partial charge < -0.3 is 4.90 Å². The number of benzene rings is 2. The van der Waals surface area contributed by atoms with E-state index in [1.165, 1.54) is 11.0 Å². The van der Waals surface area contributed by atoms with Crippen LogP contribution in [0.25, 0.3) is 10.8 Å². The van der Waals surface area contributed by atoms with Crippen molar-refractivity contribution in [3.8, 4) is 0 Å². The molecule has 26 heavy (non-hydrogen) atoms. The van der Waals surface area contributed by atoms with Gasteiger partial charge in [-0.15, -0.1) is 4.91 Å². The number of halogens is 1. The average molecular weight is 370 g/mol. The van der Waals surface area contributed by atoms with Crippen LogP contribution in [0.5, 0.6) is 0 Å². The summed E-state index contributed by atoms with van der Waals surface area (Å²) in [5, 5.41) is 4.19. The molecule has 4 aliphatic heterocycles. The van der Waals surface area contributed by atoms with Crippen LogP contribution in [0, 0.1) is 10.8 Å².